The molecule has 14 heavy (non-hydrogen) atoms. The van der Waals surface area contributed by atoms with Crippen molar-refractivity contribution in [2.75, 3.05) is 0 Å². The maximum absolute atomic E-state index is 4.34. The van der Waals surface area contributed by atoms with E-state index in [0.29, 0.717) is 5.92 Å². The first-order valence-corrected chi connectivity index (χ1v) is 5.10. The van der Waals surface area contributed by atoms with E-state index in [1.54, 1.807) is 6.20 Å². The molecular weight excluding hydrogens is 174 g/mol. The monoisotopic (exact) mass is 189 g/mol. The van der Waals surface area contributed by atoms with Crippen LogP contribution in [0.5, 0.6) is 0 Å². The molecule has 3 nitrogen and oxygen atoms in total. The molecule has 0 aromatic carbocycles. The van der Waals surface area contributed by atoms with E-state index in [9.17, 15) is 0 Å². The number of hydrogen-bond donors (Lipinski definition) is 0. The fourth-order valence-electron chi connectivity index (χ4n) is 1.80. The first-order chi connectivity index (χ1) is 6.83. The molecule has 0 radical (unpaired) electrons. The van der Waals surface area contributed by atoms with Crippen LogP contribution in [0, 0.1) is 0 Å². The summed E-state index contributed by atoms with van der Waals surface area (Å²) >= 11 is 0. The van der Waals surface area contributed by atoms with E-state index in [-0.39, 0.29) is 0 Å². The second-order valence-electron chi connectivity index (χ2n) is 3.68. The first kappa shape index (κ1) is 9.19. The standard InChI is InChI=1S/C11H15N3/c1-3-4-9(2)10-7-13-11-5-6-12-8-14(10)11/h5-9H,3-4H2,1-2H3. The molecule has 2 rings (SSSR count). The van der Waals surface area contributed by atoms with Crippen LogP contribution in [0.4, 0.5) is 0 Å². The van der Waals surface area contributed by atoms with E-state index < -0.39 is 0 Å². The quantitative estimate of drug-likeness (QED) is 0.743. The molecule has 1 unspecified atom stereocenters. The van der Waals surface area contributed by atoms with E-state index in [4.69, 9.17) is 0 Å². The fraction of sp³-hybridized carbons (Fsp3) is 0.455. The van der Waals surface area contributed by atoms with Gasteiger partial charge in [0, 0.05) is 18.1 Å². The van der Waals surface area contributed by atoms with Crippen LogP contribution in [-0.2, 0) is 0 Å². The van der Waals surface area contributed by atoms with E-state index in [2.05, 4.69) is 28.2 Å². The van der Waals surface area contributed by atoms with Crippen molar-refractivity contribution in [2.24, 2.45) is 0 Å². The average molecular weight is 189 g/mol. The molecule has 1 atom stereocenters. The summed E-state index contributed by atoms with van der Waals surface area (Å²) in [6, 6.07) is 1.93. The van der Waals surface area contributed by atoms with Crippen LogP contribution < -0.4 is 0 Å². The number of aromatic nitrogens is 3. The molecule has 0 N–H and O–H groups in total. The molecule has 0 saturated carbocycles. The van der Waals surface area contributed by atoms with Crippen LogP contribution in [0.25, 0.3) is 5.65 Å². The summed E-state index contributed by atoms with van der Waals surface area (Å²) < 4.78 is 2.07. The Hall–Kier alpha value is -1.38. The van der Waals surface area contributed by atoms with Crippen molar-refractivity contribution in [1.29, 1.82) is 0 Å². The molecule has 2 heterocycles. The molecule has 0 saturated heterocycles. The Kier molecular flexibility index (Phi) is 2.48. The van der Waals surface area contributed by atoms with Crippen LogP contribution in [0.1, 0.15) is 38.3 Å². The van der Waals surface area contributed by atoms with Crippen molar-refractivity contribution in [3.8, 4) is 0 Å². The molecular formula is C11H15N3. The summed E-state index contributed by atoms with van der Waals surface area (Å²) in [5, 5.41) is 0. The predicted octanol–water partition coefficient (Wildman–Crippen LogP) is 2.63. The highest BCUT2D eigenvalue weighted by Gasteiger charge is 2.09. The molecule has 0 aliphatic rings. The lowest BCUT2D eigenvalue weighted by Gasteiger charge is -2.08. The largest absolute Gasteiger partial charge is 0.287 e. The molecule has 2 aromatic heterocycles. The Bertz CT molecular complexity index is 419. The van der Waals surface area contributed by atoms with Gasteiger partial charge in [0.2, 0.25) is 0 Å². The number of fused-ring (bicyclic) bond motifs is 1. The van der Waals surface area contributed by atoms with Gasteiger partial charge in [0.1, 0.15) is 12.0 Å². The van der Waals surface area contributed by atoms with Gasteiger partial charge >= 0.3 is 0 Å². The molecule has 3 heteroatoms. The summed E-state index contributed by atoms with van der Waals surface area (Å²) in [5.74, 6) is 0.555. The van der Waals surface area contributed by atoms with Gasteiger partial charge in [-0.05, 0) is 18.4 Å². The SMILES string of the molecule is CCCC(C)c1cnc2ccncn12. The van der Waals surface area contributed by atoms with Gasteiger partial charge in [-0.1, -0.05) is 20.3 Å². The summed E-state index contributed by atoms with van der Waals surface area (Å²) in [7, 11) is 0. The Morgan fingerprint density at radius 2 is 2.36 bits per heavy atom. The third-order valence-electron chi connectivity index (χ3n) is 2.57. The molecule has 0 spiro atoms. The van der Waals surface area contributed by atoms with Crippen molar-refractivity contribution < 1.29 is 0 Å². The molecule has 0 bridgehead atoms. The van der Waals surface area contributed by atoms with Crippen molar-refractivity contribution in [3.63, 3.8) is 0 Å². The van der Waals surface area contributed by atoms with E-state index in [1.807, 2.05) is 18.6 Å². The highest BCUT2D eigenvalue weighted by Crippen LogP contribution is 2.20. The molecule has 2 aromatic rings. The minimum Gasteiger partial charge on any atom is -0.287 e. The summed E-state index contributed by atoms with van der Waals surface area (Å²) in [6.45, 7) is 4.44. The van der Waals surface area contributed by atoms with Crippen molar-refractivity contribution in [3.05, 3.63) is 30.5 Å². The zero-order valence-electron chi connectivity index (χ0n) is 8.64. The van der Waals surface area contributed by atoms with Gasteiger partial charge in [-0.15, -0.1) is 0 Å². The second kappa shape index (κ2) is 3.78. The number of hydrogen-bond acceptors (Lipinski definition) is 2. The average Bonchev–Trinajstić information content (AvgIpc) is 2.61. The van der Waals surface area contributed by atoms with Gasteiger partial charge in [-0.3, -0.25) is 4.40 Å². The van der Waals surface area contributed by atoms with Crippen LogP contribution in [0.3, 0.4) is 0 Å². The normalized spacial score (nSPS) is 13.3. The third kappa shape index (κ3) is 1.50. The number of nitrogens with zero attached hydrogens (tertiary/aromatic N) is 3. The van der Waals surface area contributed by atoms with Crippen molar-refractivity contribution in [2.45, 2.75) is 32.6 Å². The van der Waals surface area contributed by atoms with Crippen LogP contribution in [0.15, 0.2) is 24.8 Å². The predicted molar refractivity (Wildman–Crippen MR) is 56.3 cm³/mol. The van der Waals surface area contributed by atoms with Gasteiger partial charge in [0.25, 0.3) is 0 Å². The highest BCUT2D eigenvalue weighted by molar-refractivity contribution is 5.38. The highest BCUT2D eigenvalue weighted by atomic mass is 15.0. The zero-order valence-corrected chi connectivity index (χ0v) is 8.64. The molecule has 0 amide bonds. The molecule has 0 fully saturated rings. The van der Waals surface area contributed by atoms with Gasteiger partial charge in [-0.25, -0.2) is 9.97 Å². The smallest absolute Gasteiger partial charge is 0.139 e. The Morgan fingerprint density at radius 3 is 3.14 bits per heavy atom. The second-order valence-corrected chi connectivity index (χ2v) is 3.68. The van der Waals surface area contributed by atoms with Crippen LogP contribution in [0.2, 0.25) is 0 Å². The van der Waals surface area contributed by atoms with Gasteiger partial charge in [0.15, 0.2) is 0 Å². The van der Waals surface area contributed by atoms with Crippen molar-refractivity contribution in [1.82, 2.24) is 14.4 Å². The molecule has 74 valence electrons. The maximum atomic E-state index is 4.34. The Balaban J connectivity index is 2.42. The summed E-state index contributed by atoms with van der Waals surface area (Å²) in [5.41, 5.74) is 2.24. The first-order valence-electron chi connectivity index (χ1n) is 5.10. The lowest BCUT2D eigenvalue weighted by atomic mass is 10.0. The zero-order chi connectivity index (χ0) is 9.97. The van der Waals surface area contributed by atoms with Gasteiger partial charge in [0.05, 0.1) is 0 Å². The topological polar surface area (TPSA) is 30.2 Å². The summed E-state index contributed by atoms with van der Waals surface area (Å²) in [4.78, 5) is 8.46. The lowest BCUT2D eigenvalue weighted by Crippen LogP contribution is -1.98. The molecule has 0 aliphatic heterocycles. The van der Waals surface area contributed by atoms with Crippen molar-refractivity contribution >= 4 is 5.65 Å². The third-order valence-corrected chi connectivity index (χ3v) is 2.57. The van der Waals surface area contributed by atoms with Gasteiger partial charge < -0.3 is 0 Å². The summed E-state index contributed by atoms with van der Waals surface area (Å²) in [6.07, 6.45) is 7.97. The van der Waals surface area contributed by atoms with E-state index in [1.165, 1.54) is 18.5 Å². The number of rotatable bonds is 3. The lowest BCUT2D eigenvalue weighted by molar-refractivity contribution is 0.641. The maximum Gasteiger partial charge on any atom is 0.139 e. The van der Waals surface area contributed by atoms with E-state index >= 15 is 0 Å². The molecule has 0 aliphatic carbocycles. The fourth-order valence-corrected chi connectivity index (χ4v) is 1.80. The minimum absolute atomic E-state index is 0.555. The van der Waals surface area contributed by atoms with Crippen LogP contribution in [-0.4, -0.2) is 14.4 Å². The Morgan fingerprint density at radius 1 is 1.50 bits per heavy atom. The minimum atomic E-state index is 0.555. The number of imidazole rings is 1. The van der Waals surface area contributed by atoms with Crippen LogP contribution >= 0.6 is 0 Å². The van der Waals surface area contributed by atoms with E-state index in [0.717, 1.165) is 5.65 Å². The van der Waals surface area contributed by atoms with Gasteiger partial charge in [-0.2, -0.15) is 0 Å². The Labute approximate surface area is 83.8 Å².